The van der Waals surface area contributed by atoms with E-state index in [1.54, 1.807) is 0 Å². The van der Waals surface area contributed by atoms with Crippen LogP contribution in [0.3, 0.4) is 0 Å². The van der Waals surface area contributed by atoms with Gasteiger partial charge in [-0.25, -0.2) is 0 Å². The molecule has 0 radical (unpaired) electrons. The molecule has 0 N–H and O–H groups in total. The predicted octanol–water partition coefficient (Wildman–Crippen LogP) is 20.8. The number of hydrogen-bond donors (Lipinski definition) is 0. The van der Waals surface area contributed by atoms with E-state index in [9.17, 15) is 14.4 Å². The molecule has 1 atom stereocenters. The van der Waals surface area contributed by atoms with Crippen molar-refractivity contribution >= 4 is 17.9 Å². The average molecular weight is 976 g/mol. The number of carbonyl (C=O) groups excluding carboxylic acids is 3. The zero-order chi connectivity index (χ0) is 50.4. The molecular formula is C63H122O6. The standard InChI is InChI=1S/C63H122O6/c1-6-7-8-9-10-11-12-13-18-23-30-35-40-45-50-55-63(66)69-60(57-68-62(65)54-49-44-39-34-29-25-24-27-32-37-42-47-52-59(4)5)56-67-61(64)53-48-43-38-33-28-22-20-17-15-14-16-19-21-26-31-36-41-46-51-58(2)3/h58-60H,6-57H2,1-5H3/t60-/m1/s1. The van der Waals surface area contributed by atoms with Crippen LogP contribution >= 0.6 is 0 Å². The highest BCUT2D eigenvalue weighted by Crippen LogP contribution is 2.19. The van der Waals surface area contributed by atoms with Crippen LogP contribution in [0.2, 0.25) is 0 Å². The van der Waals surface area contributed by atoms with Crippen LogP contribution < -0.4 is 0 Å². The van der Waals surface area contributed by atoms with Crippen LogP contribution in [0.15, 0.2) is 0 Å². The summed E-state index contributed by atoms with van der Waals surface area (Å²) < 4.78 is 16.9. The zero-order valence-electron chi connectivity index (χ0n) is 47.5. The van der Waals surface area contributed by atoms with Gasteiger partial charge in [0, 0.05) is 19.3 Å². The van der Waals surface area contributed by atoms with Crippen molar-refractivity contribution in [2.45, 2.75) is 362 Å². The molecule has 0 heterocycles. The van der Waals surface area contributed by atoms with Crippen molar-refractivity contribution in [1.29, 1.82) is 0 Å². The molecule has 0 unspecified atom stereocenters. The van der Waals surface area contributed by atoms with Gasteiger partial charge in [0.25, 0.3) is 0 Å². The number of hydrogen-bond acceptors (Lipinski definition) is 6. The van der Waals surface area contributed by atoms with Gasteiger partial charge >= 0.3 is 17.9 Å². The van der Waals surface area contributed by atoms with Crippen LogP contribution in [0.5, 0.6) is 0 Å². The molecule has 0 fully saturated rings. The van der Waals surface area contributed by atoms with Gasteiger partial charge in [-0.1, -0.05) is 317 Å². The molecule has 0 saturated carbocycles. The van der Waals surface area contributed by atoms with Crippen LogP contribution in [0.1, 0.15) is 356 Å². The van der Waals surface area contributed by atoms with Gasteiger partial charge in [-0.15, -0.1) is 0 Å². The van der Waals surface area contributed by atoms with Gasteiger partial charge in [0.1, 0.15) is 13.2 Å². The predicted molar refractivity (Wildman–Crippen MR) is 298 cm³/mol. The SMILES string of the molecule is CCCCCCCCCCCCCCCCCC(=O)O[C@H](COC(=O)CCCCCCCCCCCCCCCCCCCCC(C)C)COC(=O)CCCCCCCCCCCCCCC(C)C. The topological polar surface area (TPSA) is 78.9 Å². The Bertz CT molecular complexity index is 1060. The van der Waals surface area contributed by atoms with Crippen molar-refractivity contribution in [2.24, 2.45) is 11.8 Å². The van der Waals surface area contributed by atoms with E-state index in [0.29, 0.717) is 19.3 Å². The Hall–Kier alpha value is -1.59. The largest absolute Gasteiger partial charge is 0.462 e. The Morgan fingerprint density at radius 1 is 0.275 bits per heavy atom. The summed E-state index contributed by atoms with van der Waals surface area (Å²) in [6.45, 7) is 11.4. The van der Waals surface area contributed by atoms with Crippen molar-refractivity contribution in [3.05, 3.63) is 0 Å². The van der Waals surface area contributed by atoms with Crippen molar-refractivity contribution in [3.63, 3.8) is 0 Å². The molecule has 0 aliphatic rings. The van der Waals surface area contributed by atoms with Crippen LogP contribution in [0.25, 0.3) is 0 Å². The first-order chi connectivity index (χ1) is 33.7. The molecule has 0 rings (SSSR count). The van der Waals surface area contributed by atoms with Crippen LogP contribution in [-0.4, -0.2) is 37.2 Å². The minimum atomic E-state index is -0.763. The quantitative estimate of drug-likeness (QED) is 0.0343. The van der Waals surface area contributed by atoms with Crippen LogP contribution in [-0.2, 0) is 28.6 Å². The summed E-state index contributed by atoms with van der Waals surface area (Å²) in [5.41, 5.74) is 0. The summed E-state index contributed by atoms with van der Waals surface area (Å²) in [6, 6.07) is 0. The minimum absolute atomic E-state index is 0.0620. The van der Waals surface area contributed by atoms with Gasteiger partial charge in [-0.3, -0.25) is 14.4 Å². The van der Waals surface area contributed by atoms with Gasteiger partial charge in [0.15, 0.2) is 6.10 Å². The summed E-state index contributed by atoms with van der Waals surface area (Å²) in [4.78, 5) is 38.2. The lowest BCUT2D eigenvalue weighted by Crippen LogP contribution is -2.30. The van der Waals surface area contributed by atoms with E-state index in [2.05, 4.69) is 34.6 Å². The number of unbranched alkanes of at least 4 members (excludes halogenated alkanes) is 42. The van der Waals surface area contributed by atoms with E-state index in [-0.39, 0.29) is 31.1 Å². The number of carbonyl (C=O) groups is 3. The van der Waals surface area contributed by atoms with Crippen LogP contribution in [0, 0.1) is 11.8 Å². The second-order valence-electron chi connectivity index (χ2n) is 22.6. The molecule has 410 valence electrons. The fourth-order valence-corrected chi connectivity index (χ4v) is 9.76. The molecule has 0 bridgehead atoms. The molecule has 0 aromatic rings. The molecule has 6 heteroatoms. The molecule has 0 aliphatic heterocycles. The van der Waals surface area contributed by atoms with Crippen molar-refractivity contribution in [3.8, 4) is 0 Å². The lowest BCUT2D eigenvalue weighted by Gasteiger charge is -2.18. The number of esters is 3. The highest BCUT2D eigenvalue weighted by molar-refractivity contribution is 5.71. The lowest BCUT2D eigenvalue weighted by molar-refractivity contribution is -0.167. The summed E-state index contributed by atoms with van der Waals surface area (Å²) in [5, 5.41) is 0. The number of ether oxygens (including phenoxy) is 3. The van der Waals surface area contributed by atoms with E-state index in [1.807, 2.05) is 0 Å². The molecule has 0 saturated heterocycles. The molecule has 6 nitrogen and oxygen atoms in total. The average Bonchev–Trinajstić information content (AvgIpc) is 3.32. The zero-order valence-corrected chi connectivity index (χ0v) is 47.5. The first-order valence-electron chi connectivity index (χ1n) is 31.2. The van der Waals surface area contributed by atoms with Gasteiger partial charge in [-0.2, -0.15) is 0 Å². The van der Waals surface area contributed by atoms with Gasteiger partial charge in [-0.05, 0) is 31.1 Å². The van der Waals surface area contributed by atoms with Gasteiger partial charge in [0.2, 0.25) is 0 Å². The van der Waals surface area contributed by atoms with Crippen LogP contribution in [0.4, 0.5) is 0 Å². The first kappa shape index (κ1) is 67.4. The normalized spacial score (nSPS) is 12.0. The third kappa shape index (κ3) is 57.2. The highest BCUT2D eigenvalue weighted by Gasteiger charge is 2.19. The third-order valence-corrected chi connectivity index (χ3v) is 14.5. The van der Waals surface area contributed by atoms with E-state index >= 15 is 0 Å². The maximum absolute atomic E-state index is 12.9. The fourth-order valence-electron chi connectivity index (χ4n) is 9.76. The Morgan fingerprint density at radius 2 is 0.478 bits per heavy atom. The van der Waals surface area contributed by atoms with E-state index in [4.69, 9.17) is 14.2 Å². The summed E-state index contributed by atoms with van der Waals surface area (Å²) in [7, 11) is 0. The Kier molecular flexibility index (Phi) is 54.4. The molecule has 69 heavy (non-hydrogen) atoms. The Labute approximate surface area is 431 Å². The smallest absolute Gasteiger partial charge is 0.306 e. The molecule has 0 spiro atoms. The van der Waals surface area contributed by atoms with Crippen molar-refractivity contribution in [2.75, 3.05) is 13.2 Å². The summed E-state index contributed by atoms with van der Waals surface area (Å²) >= 11 is 0. The summed E-state index contributed by atoms with van der Waals surface area (Å²) in [5.74, 6) is 0.860. The van der Waals surface area contributed by atoms with E-state index < -0.39 is 6.10 Å². The highest BCUT2D eigenvalue weighted by atomic mass is 16.6. The third-order valence-electron chi connectivity index (χ3n) is 14.5. The van der Waals surface area contributed by atoms with E-state index in [1.165, 1.54) is 244 Å². The first-order valence-corrected chi connectivity index (χ1v) is 31.2. The monoisotopic (exact) mass is 975 g/mol. The molecule has 0 aliphatic carbocycles. The molecule has 0 aromatic carbocycles. The second-order valence-corrected chi connectivity index (χ2v) is 22.6. The van der Waals surface area contributed by atoms with Crippen molar-refractivity contribution in [1.82, 2.24) is 0 Å². The fraction of sp³-hybridized carbons (Fsp3) is 0.952. The Morgan fingerprint density at radius 3 is 0.710 bits per heavy atom. The van der Waals surface area contributed by atoms with Crippen molar-refractivity contribution < 1.29 is 28.6 Å². The van der Waals surface area contributed by atoms with Gasteiger partial charge < -0.3 is 14.2 Å². The van der Waals surface area contributed by atoms with E-state index in [0.717, 1.165) is 69.6 Å². The maximum atomic E-state index is 12.9. The number of rotatable bonds is 57. The summed E-state index contributed by atoms with van der Waals surface area (Å²) in [6.07, 6.45) is 61.0. The molecular weight excluding hydrogens is 853 g/mol. The molecule has 0 aromatic heterocycles. The molecule has 0 amide bonds. The van der Waals surface area contributed by atoms with Gasteiger partial charge in [0.05, 0.1) is 0 Å². The maximum Gasteiger partial charge on any atom is 0.306 e. The Balaban J connectivity index is 4.26. The minimum Gasteiger partial charge on any atom is -0.462 e. The second kappa shape index (κ2) is 55.7. The lowest BCUT2D eigenvalue weighted by atomic mass is 10.0.